The van der Waals surface area contributed by atoms with Gasteiger partial charge in [0.05, 0.1) is 11.4 Å². The molecule has 0 aliphatic rings. The number of fused-ring (bicyclic) bond motifs is 12. The molecule has 0 saturated carbocycles. The predicted molar refractivity (Wildman–Crippen MR) is 203 cm³/mol. The summed E-state index contributed by atoms with van der Waals surface area (Å²) in [5.74, 6) is 0. The largest absolute Gasteiger partial charge is 0.256 e. The Labute approximate surface area is 277 Å². The summed E-state index contributed by atoms with van der Waals surface area (Å²) >= 11 is 0. The number of aromatic nitrogens is 2. The topological polar surface area (TPSA) is 25.8 Å². The fourth-order valence-corrected chi connectivity index (χ4v) is 7.63. The summed E-state index contributed by atoms with van der Waals surface area (Å²) in [4.78, 5) is 10.00. The molecule has 0 aliphatic heterocycles. The fourth-order valence-electron chi connectivity index (χ4n) is 7.63. The van der Waals surface area contributed by atoms with Crippen molar-refractivity contribution in [2.75, 3.05) is 0 Å². The maximum absolute atomic E-state index is 5.00. The van der Waals surface area contributed by atoms with E-state index in [1.165, 1.54) is 64.6 Å². The van der Waals surface area contributed by atoms with E-state index in [0.29, 0.717) is 0 Å². The van der Waals surface area contributed by atoms with Crippen LogP contribution in [-0.2, 0) is 0 Å². The fraction of sp³-hybridized carbons (Fsp3) is 0. The molecule has 2 heterocycles. The van der Waals surface area contributed by atoms with E-state index in [-0.39, 0.29) is 0 Å². The van der Waals surface area contributed by atoms with Gasteiger partial charge in [-0.25, -0.2) is 0 Å². The van der Waals surface area contributed by atoms with Gasteiger partial charge in [-0.15, -0.1) is 0 Å². The smallest absolute Gasteiger partial charge is 0.0708 e. The van der Waals surface area contributed by atoms with Crippen LogP contribution in [0.15, 0.2) is 170 Å². The summed E-state index contributed by atoms with van der Waals surface area (Å²) in [5.41, 5.74) is 6.43. The van der Waals surface area contributed by atoms with Gasteiger partial charge in [0.25, 0.3) is 0 Å². The van der Waals surface area contributed by atoms with Gasteiger partial charge in [0, 0.05) is 34.3 Å². The molecule has 0 amide bonds. The van der Waals surface area contributed by atoms with E-state index in [9.17, 15) is 0 Å². The number of rotatable bonds is 3. The zero-order chi connectivity index (χ0) is 31.6. The summed E-state index contributed by atoms with van der Waals surface area (Å²) in [6.45, 7) is 0. The van der Waals surface area contributed by atoms with Crippen molar-refractivity contribution in [1.29, 1.82) is 0 Å². The molecule has 0 spiro atoms. The van der Waals surface area contributed by atoms with Crippen LogP contribution in [0.5, 0.6) is 0 Å². The zero-order valence-electron chi connectivity index (χ0n) is 26.1. The van der Waals surface area contributed by atoms with Crippen LogP contribution in [0.3, 0.4) is 0 Å². The molecule has 2 aromatic heterocycles. The van der Waals surface area contributed by atoms with Crippen LogP contribution in [0.2, 0.25) is 0 Å². The standard InChI is InChI=1S/C46H28N2/c1-5-19-37-33(15-1)35-17-3-7-21-39(35)43-27-47-45(25-41(37)43)31-13-9-11-29(23-31)30-12-10-14-32(24-30)46-26-42-38-20-6-2-16-34(38)36-18-4-8-22-40(36)44(42)28-48-46/h1-28H. The summed E-state index contributed by atoms with van der Waals surface area (Å²) in [6, 6.07) is 56.6. The van der Waals surface area contributed by atoms with E-state index in [0.717, 1.165) is 33.6 Å². The van der Waals surface area contributed by atoms with Crippen molar-refractivity contribution < 1.29 is 0 Å². The van der Waals surface area contributed by atoms with E-state index < -0.39 is 0 Å². The van der Waals surface area contributed by atoms with Crippen molar-refractivity contribution in [3.63, 3.8) is 0 Å². The highest BCUT2D eigenvalue weighted by Gasteiger charge is 2.13. The molecule has 222 valence electrons. The van der Waals surface area contributed by atoms with Crippen LogP contribution >= 0.6 is 0 Å². The molecule has 48 heavy (non-hydrogen) atoms. The minimum absolute atomic E-state index is 0.969. The molecule has 0 radical (unpaired) electrons. The Kier molecular flexibility index (Phi) is 5.91. The Morgan fingerprint density at radius 1 is 0.229 bits per heavy atom. The highest BCUT2D eigenvalue weighted by molar-refractivity contribution is 6.26. The number of nitrogens with zero attached hydrogens (tertiary/aromatic N) is 2. The first-order chi connectivity index (χ1) is 23.8. The van der Waals surface area contributed by atoms with E-state index in [1.54, 1.807) is 0 Å². The van der Waals surface area contributed by atoms with Gasteiger partial charge in [0.1, 0.15) is 0 Å². The SMILES string of the molecule is c1cc(-c2cccc(-c3cc4c5ccccc5c5ccccc5c4cn3)c2)cc(-c2cc3c4ccccc4c4ccccc4c3cn2)c1. The Balaban J connectivity index is 1.08. The summed E-state index contributed by atoms with van der Waals surface area (Å²) in [6.07, 6.45) is 4.09. The lowest BCUT2D eigenvalue weighted by atomic mass is 9.93. The van der Waals surface area contributed by atoms with Gasteiger partial charge < -0.3 is 0 Å². The molecular formula is C46H28N2. The maximum atomic E-state index is 5.00. The molecule has 0 atom stereocenters. The van der Waals surface area contributed by atoms with Crippen LogP contribution in [-0.4, -0.2) is 9.97 Å². The number of benzene rings is 8. The predicted octanol–water partition coefficient (Wildman–Crippen LogP) is 12.4. The van der Waals surface area contributed by atoms with Gasteiger partial charge in [0.2, 0.25) is 0 Å². The van der Waals surface area contributed by atoms with E-state index in [4.69, 9.17) is 9.97 Å². The molecule has 0 saturated heterocycles. The molecule has 0 aliphatic carbocycles. The average molecular weight is 609 g/mol. The van der Waals surface area contributed by atoms with E-state index in [1.807, 2.05) is 12.4 Å². The van der Waals surface area contributed by atoms with Crippen molar-refractivity contribution >= 4 is 64.6 Å². The minimum atomic E-state index is 0.969. The molecule has 2 heteroatoms. The molecule has 0 unspecified atom stereocenters. The molecule has 0 bridgehead atoms. The van der Waals surface area contributed by atoms with Crippen molar-refractivity contribution in [3.8, 4) is 33.6 Å². The van der Waals surface area contributed by atoms with Crippen LogP contribution in [0, 0.1) is 0 Å². The third kappa shape index (κ3) is 4.13. The van der Waals surface area contributed by atoms with Crippen molar-refractivity contribution in [3.05, 3.63) is 170 Å². The first-order valence-electron chi connectivity index (χ1n) is 16.4. The van der Waals surface area contributed by atoms with Crippen molar-refractivity contribution in [2.24, 2.45) is 0 Å². The van der Waals surface area contributed by atoms with Gasteiger partial charge in [-0.2, -0.15) is 0 Å². The Bertz CT molecular complexity index is 2630. The Morgan fingerprint density at radius 2 is 0.521 bits per heavy atom. The van der Waals surface area contributed by atoms with Gasteiger partial charge in [-0.05, 0) is 89.3 Å². The minimum Gasteiger partial charge on any atom is -0.256 e. The summed E-state index contributed by atoms with van der Waals surface area (Å²) in [5, 5.41) is 14.9. The second-order valence-corrected chi connectivity index (χ2v) is 12.6. The molecular weight excluding hydrogens is 581 g/mol. The first-order valence-corrected chi connectivity index (χ1v) is 16.4. The highest BCUT2D eigenvalue weighted by Crippen LogP contribution is 2.38. The Hall–Kier alpha value is -6.38. The summed E-state index contributed by atoms with van der Waals surface area (Å²) < 4.78 is 0. The summed E-state index contributed by atoms with van der Waals surface area (Å²) in [7, 11) is 0. The molecule has 10 aromatic rings. The number of hydrogen-bond acceptors (Lipinski definition) is 2. The highest BCUT2D eigenvalue weighted by atomic mass is 14.7. The van der Waals surface area contributed by atoms with Crippen LogP contribution < -0.4 is 0 Å². The quantitative estimate of drug-likeness (QED) is 0.187. The lowest BCUT2D eigenvalue weighted by Gasteiger charge is -2.13. The maximum Gasteiger partial charge on any atom is 0.0708 e. The van der Waals surface area contributed by atoms with Gasteiger partial charge in [-0.1, -0.05) is 133 Å². The number of pyridine rings is 2. The van der Waals surface area contributed by atoms with Gasteiger partial charge in [-0.3, -0.25) is 9.97 Å². The molecule has 10 rings (SSSR count). The van der Waals surface area contributed by atoms with Crippen LogP contribution in [0.4, 0.5) is 0 Å². The van der Waals surface area contributed by atoms with Gasteiger partial charge in [0.15, 0.2) is 0 Å². The third-order valence-corrected chi connectivity index (χ3v) is 9.91. The molecule has 0 fully saturated rings. The van der Waals surface area contributed by atoms with E-state index in [2.05, 4.69) is 158 Å². The zero-order valence-corrected chi connectivity index (χ0v) is 26.1. The second-order valence-electron chi connectivity index (χ2n) is 12.6. The van der Waals surface area contributed by atoms with Crippen molar-refractivity contribution in [1.82, 2.24) is 9.97 Å². The monoisotopic (exact) mass is 608 g/mol. The molecule has 0 N–H and O–H groups in total. The number of hydrogen-bond donors (Lipinski definition) is 0. The average Bonchev–Trinajstić information content (AvgIpc) is 3.18. The van der Waals surface area contributed by atoms with Crippen LogP contribution in [0.25, 0.3) is 98.3 Å². The third-order valence-electron chi connectivity index (χ3n) is 9.91. The van der Waals surface area contributed by atoms with Crippen LogP contribution in [0.1, 0.15) is 0 Å². The normalized spacial score (nSPS) is 11.8. The first kappa shape index (κ1) is 26.8. The Morgan fingerprint density at radius 3 is 0.875 bits per heavy atom. The molecule has 2 nitrogen and oxygen atoms in total. The lowest BCUT2D eigenvalue weighted by molar-refractivity contribution is 1.36. The van der Waals surface area contributed by atoms with Gasteiger partial charge >= 0.3 is 0 Å². The van der Waals surface area contributed by atoms with E-state index >= 15 is 0 Å². The second kappa shape index (κ2) is 10.6. The lowest BCUT2D eigenvalue weighted by Crippen LogP contribution is -1.90. The van der Waals surface area contributed by atoms with Crippen molar-refractivity contribution in [2.45, 2.75) is 0 Å². The molecule has 8 aromatic carbocycles.